The van der Waals surface area contributed by atoms with E-state index in [4.69, 9.17) is 0 Å². The molecule has 0 bridgehead atoms. The van der Waals surface area contributed by atoms with Gasteiger partial charge in [-0.15, -0.1) is 0 Å². The highest BCUT2D eigenvalue weighted by Gasteiger charge is 2.17. The number of aromatic nitrogens is 2. The Balaban J connectivity index is 1.91. The van der Waals surface area contributed by atoms with Gasteiger partial charge < -0.3 is 5.32 Å². The Hall–Kier alpha value is -1.10. The van der Waals surface area contributed by atoms with Gasteiger partial charge in [0.1, 0.15) is 0 Å². The molecule has 0 saturated carbocycles. The second kappa shape index (κ2) is 5.30. The Kier molecular flexibility index (Phi) is 3.77. The van der Waals surface area contributed by atoms with Crippen molar-refractivity contribution < 1.29 is 0 Å². The highest BCUT2D eigenvalue weighted by atomic mass is 32.2. The number of aryl methyl sites for hydroxylation is 1. The van der Waals surface area contributed by atoms with Crippen molar-refractivity contribution in [1.82, 2.24) is 15.3 Å². The predicted octanol–water partition coefficient (Wildman–Crippen LogP) is 1.76. The van der Waals surface area contributed by atoms with Crippen LogP contribution in [0.1, 0.15) is 24.7 Å². The number of hydrogen-bond donors (Lipinski definition) is 1. The van der Waals surface area contributed by atoms with Crippen LogP contribution >= 0.6 is 11.8 Å². The van der Waals surface area contributed by atoms with Gasteiger partial charge in [0.05, 0.1) is 24.1 Å². The topological polar surface area (TPSA) is 50.2 Å². The lowest BCUT2D eigenvalue weighted by Gasteiger charge is -2.04. The molecule has 1 saturated heterocycles. The molecular formula is C11H16N4S. The van der Waals surface area contributed by atoms with Crippen molar-refractivity contribution in [3.8, 4) is 0 Å². The molecule has 1 N–H and O–H groups in total. The van der Waals surface area contributed by atoms with Crippen molar-refractivity contribution in [2.45, 2.75) is 32.9 Å². The van der Waals surface area contributed by atoms with Gasteiger partial charge in [0.15, 0.2) is 5.17 Å². The number of nitrogens with zero attached hydrogens (tertiary/aromatic N) is 3. The second-order valence-corrected chi connectivity index (χ2v) is 4.84. The van der Waals surface area contributed by atoms with Gasteiger partial charge in [-0.3, -0.25) is 15.0 Å². The maximum Gasteiger partial charge on any atom is 0.157 e. The lowest BCUT2D eigenvalue weighted by molar-refractivity contribution is 0.666. The third kappa shape index (κ3) is 2.95. The minimum atomic E-state index is 0.577. The van der Waals surface area contributed by atoms with Crippen molar-refractivity contribution >= 4 is 16.9 Å². The molecule has 1 atom stereocenters. The lowest BCUT2D eigenvalue weighted by atomic mass is 10.3. The first-order chi connectivity index (χ1) is 7.78. The summed E-state index contributed by atoms with van der Waals surface area (Å²) in [5.41, 5.74) is 1.86. The summed E-state index contributed by atoms with van der Waals surface area (Å²) in [6.45, 7) is 4.73. The first kappa shape index (κ1) is 11.4. The zero-order valence-electron chi connectivity index (χ0n) is 9.60. The van der Waals surface area contributed by atoms with Gasteiger partial charge in [-0.2, -0.15) is 0 Å². The summed E-state index contributed by atoms with van der Waals surface area (Å²) in [7, 11) is 0. The molecule has 0 amide bonds. The molecule has 0 aromatic carbocycles. The van der Waals surface area contributed by atoms with Crippen LogP contribution in [-0.2, 0) is 6.54 Å². The minimum absolute atomic E-state index is 0.577. The zero-order chi connectivity index (χ0) is 11.4. The number of rotatable bonds is 3. The number of nitrogens with one attached hydrogen (secondary N) is 1. The fourth-order valence-electron chi connectivity index (χ4n) is 1.40. The third-order valence-electron chi connectivity index (χ3n) is 2.46. The van der Waals surface area contributed by atoms with E-state index in [-0.39, 0.29) is 0 Å². The van der Waals surface area contributed by atoms with E-state index < -0.39 is 0 Å². The van der Waals surface area contributed by atoms with E-state index in [9.17, 15) is 0 Å². The average molecular weight is 236 g/mol. The fraction of sp³-hybridized carbons (Fsp3) is 0.545. The quantitative estimate of drug-likeness (QED) is 0.868. The molecule has 1 aromatic heterocycles. The Morgan fingerprint density at radius 3 is 3.00 bits per heavy atom. The fourth-order valence-corrected chi connectivity index (χ4v) is 2.49. The van der Waals surface area contributed by atoms with Crippen LogP contribution in [0.3, 0.4) is 0 Å². The largest absolute Gasteiger partial charge is 0.361 e. The lowest BCUT2D eigenvalue weighted by Crippen LogP contribution is -2.25. The molecule has 1 unspecified atom stereocenters. The van der Waals surface area contributed by atoms with Crippen LogP contribution in [0.2, 0.25) is 0 Å². The van der Waals surface area contributed by atoms with E-state index in [1.54, 1.807) is 24.2 Å². The summed E-state index contributed by atoms with van der Waals surface area (Å²) in [5.74, 6) is 1.12. The molecule has 2 heterocycles. The first-order valence-electron chi connectivity index (χ1n) is 5.49. The predicted molar refractivity (Wildman–Crippen MR) is 67.6 cm³/mol. The number of aliphatic imine (C=N–C) groups is 1. The number of hydrogen-bond acceptors (Lipinski definition) is 4. The van der Waals surface area contributed by atoms with Gasteiger partial charge in [-0.25, -0.2) is 0 Å². The highest BCUT2D eigenvalue weighted by Crippen LogP contribution is 2.16. The molecule has 0 aliphatic carbocycles. The molecule has 0 spiro atoms. The van der Waals surface area contributed by atoms with Gasteiger partial charge in [-0.05, 0) is 13.3 Å². The van der Waals surface area contributed by atoms with E-state index in [1.165, 1.54) is 0 Å². The maximum atomic E-state index is 4.49. The van der Waals surface area contributed by atoms with Crippen LogP contribution in [0.4, 0.5) is 0 Å². The molecule has 1 aliphatic heterocycles. The van der Waals surface area contributed by atoms with Crippen molar-refractivity contribution in [2.24, 2.45) is 4.99 Å². The molecule has 0 radical (unpaired) electrons. The summed E-state index contributed by atoms with van der Waals surface area (Å²) >= 11 is 1.79. The average Bonchev–Trinajstić information content (AvgIpc) is 2.76. The van der Waals surface area contributed by atoms with Crippen molar-refractivity contribution in [3.63, 3.8) is 0 Å². The monoisotopic (exact) mass is 236 g/mol. The van der Waals surface area contributed by atoms with Gasteiger partial charge in [0, 0.05) is 18.0 Å². The van der Waals surface area contributed by atoms with Crippen LogP contribution in [-0.4, -0.2) is 26.9 Å². The molecule has 5 heteroatoms. The van der Waals surface area contributed by atoms with E-state index in [0.29, 0.717) is 12.6 Å². The summed E-state index contributed by atoms with van der Waals surface area (Å²) in [5, 5.41) is 4.42. The molecule has 1 aromatic rings. The number of thioether (sulfide) groups is 1. The standard InChI is InChI=1S/C11H16N4S/c1-3-9-7-16-11(15-9)14-6-10-5-12-8(2)4-13-10/h4-5,9H,3,6-7H2,1-2H3,(H,14,15). The van der Waals surface area contributed by atoms with E-state index in [1.807, 2.05) is 6.92 Å². The van der Waals surface area contributed by atoms with Gasteiger partial charge >= 0.3 is 0 Å². The minimum Gasteiger partial charge on any atom is -0.361 e. The molecular weight excluding hydrogens is 220 g/mol. The van der Waals surface area contributed by atoms with Crippen molar-refractivity contribution in [3.05, 3.63) is 23.8 Å². The number of amidine groups is 1. The van der Waals surface area contributed by atoms with Crippen LogP contribution in [0, 0.1) is 6.92 Å². The smallest absolute Gasteiger partial charge is 0.157 e. The van der Waals surface area contributed by atoms with E-state index >= 15 is 0 Å². The Bertz CT molecular complexity index is 374. The van der Waals surface area contributed by atoms with Crippen LogP contribution in [0.25, 0.3) is 0 Å². The van der Waals surface area contributed by atoms with Gasteiger partial charge in [-0.1, -0.05) is 18.7 Å². The molecule has 16 heavy (non-hydrogen) atoms. The van der Waals surface area contributed by atoms with Crippen molar-refractivity contribution in [2.75, 3.05) is 5.75 Å². The first-order valence-corrected chi connectivity index (χ1v) is 6.48. The van der Waals surface area contributed by atoms with Crippen molar-refractivity contribution in [1.29, 1.82) is 0 Å². The van der Waals surface area contributed by atoms with Crippen LogP contribution < -0.4 is 5.32 Å². The highest BCUT2D eigenvalue weighted by molar-refractivity contribution is 8.14. The summed E-state index contributed by atoms with van der Waals surface area (Å²) in [6, 6.07) is 0.577. The maximum absolute atomic E-state index is 4.49. The summed E-state index contributed by atoms with van der Waals surface area (Å²) in [4.78, 5) is 13.0. The molecule has 86 valence electrons. The Morgan fingerprint density at radius 2 is 2.38 bits per heavy atom. The van der Waals surface area contributed by atoms with E-state index in [2.05, 4.69) is 27.2 Å². The Morgan fingerprint density at radius 1 is 1.50 bits per heavy atom. The third-order valence-corrected chi connectivity index (χ3v) is 3.55. The molecule has 1 aliphatic rings. The molecule has 4 nitrogen and oxygen atoms in total. The molecule has 1 fully saturated rings. The molecule has 2 rings (SSSR count). The Labute approximate surface area is 100.0 Å². The zero-order valence-corrected chi connectivity index (χ0v) is 10.4. The SMILES string of the molecule is CCC1CSC(=NCc2cnc(C)cn2)N1. The second-order valence-electron chi connectivity index (χ2n) is 3.83. The van der Waals surface area contributed by atoms with Crippen LogP contribution in [0.15, 0.2) is 17.4 Å². The summed E-state index contributed by atoms with van der Waals surface area (Å²) in [6.07, 6.45) is 4.71. The van der Waals surface area contributed by atoms with Gasteiger partial charge in [0.2, 0.25) is 0 Å². The van der Waals surface area contributed by atoms with Crippen LogP contribution in [0.5, 0.6) is 0 Å². The van der Waals surface area contributed by atoms with Gasteiger partial charge in [0.25, 0.3) is 0 Å². The normalized spacial score (nSPS) is 22.4. The van der Waals surface area contributed by atoms with E-state index in [0.717, 1.165) is 28.7 Å². The summed E-state index contributed by atoms with van der Waals surface area (Å²) < 4.78 is 0.